The highest BCUT2D eigenvalue weighted by Crippen LogP contribution is 2.12. The summed E-state index contributed by atoms with van der Waals surface area (Å²) in [6, 6.07) is 8.93. The van der Waals surface area contributed by atoms with Crippen molar-refractivity contribution in [3.05, 3.63) is 35.4 Å². The average Bonchev–Trinajstić information content (AvgIpc) is 2.52. The van der Waals surface area contributed by atoms with Crippen molar-refractivity contribution in [1.82, 2.24) is 4.90 Å². The van der Waals surface area contributed by atoms with Crippen molar-refractivity contribution < 1.29 is 14.6 Å². The van der Waals surface area contributed by atoms with Gasteiger partial charge >= 0.3 is 0 Å². The van der Waals surface area contributed by atoms with Gasteiger partial charge in [0.25, 0.3) is 5.91 Å². The van der Waals surface area contributed by atoms with Crippen LogP contribution in [0.4, 0.5) is 0 Å². The van der Waals surface area contributed by atoms with E-state index in [1.54, 1.807) is 29.2 Å². The van der Waals surface area contributed by atoms with Crippen molar-refractivity contribution in [2.45, 2.75) is 6.10 Å². The zero-order valence-electron chi connectivity index (χ0n) is 10.9. The minimum Gasteiger partial charge on any atom is -0.384 e. The van der Waals surface area contributed by atoms with Gasteiger partial charge in [0.1, 0.15) is 6.61 Å². The second-order valence-corrected chi connectivity index (χ2v) is 4.28. The molecule has 1 unspecified atom stereocenters. The van der Waals surface area contributed by atoms with Crippen molar-refractivity contribution in [1.29, 1.82) is 5.26 Å². The third-order valence-corrected chi connectivity index (χ3v) is 2.92. The second kappa shape index (κ2) is 6.72. The second-order valence-electron chi connectivity index (χ2n) is 4.28. The number of rotatable bonds is 1. The lowest BCUT2D eigenvalue weighted by molar-refractivity contribution is 0.00347. The van der Waals surface area contributed by atoms with Crippen molar-refractivity contribution >= 4 is 5.91 Å². The number of hydrogen-bond donors (Lipinski definition) is 1. The Hall–Kier alpha value is -2.34. The molecule has 0 radical (unpaired) electrons. The van der Waals surface area contributed by atoms with Crippen LogP contribution < -0.4 is 0 Å². The number of morpholine rings is 1. The molecular weight excluding hydrogens is 256 g/mol. The molecule has 5 heteroatoms. The maximum absolute atomic E-state index is 12.4. The first-order chi connectivity index (χ1) is 9.74. The molecule has 1 aromatic rings. The minimum absolute atomic E-state index is 0.138. The van der Waals surface area contributed by atoms with E-state index in [0.29, 0.717) is 24.3 Å². The number of aliphatic hydroxyl groups excluding tert-OH is 1. The molecule has 1 fully saturated rings. The van der Waals surface area contributed by atoms with Gasteiger partial charge in [-0.25, -0.2) is 0 Å². The quantitative estimate of drug-likeness (QED) is 0.749. The Morgan fingerprint density at radius 1 is 1.55 bits per heavy atom. The van der Waals surface area contributed by atoms with Crippen molar-refractivity contribution in [3.63, 3.8) is 0 Å². The highest BCUT2D eigenvalue weighted by atomic mass is 16.5. The van der Waals surface area contributed by atoms with Gasteiger partial charge in [0, 0.05) is 17.7 Å². The number of nitriles is 1. The molecule has 1 aliphatic rings. The number of aliphatic hydroxyl groups is 1. The van der Waals surface area contributed by atoms with Gasteiger partial charge in [-0.15, -0.1) is 0 Å². The first kappa shape index (κ1) is 14.1. The SMILES string of the molecule is N#CC1CN(C(=O)c2cccc(C#CCO)c2)CCO1. The van der Waals surface area contributed by atoms with E-state index >= 15 is 0 Å². The van der Waals surface area contributed by atoms with Crippen LogP contribution in [0.5, 0.6) is 0 Å². The van der Waals surface area contributed by atoms with Gasteiger partial charge in [-0.3, -0.25) is 4.79 Å². The van der Waals surface area contributed by atoms with E-state index < -0.39 is 6.10 Å². The molecule has 20 heavy (non-hydrogen) atoms. The predicted molar refractivity (Wildman–Crippen MR) is 71.7 cm³/mol. The van der Waals surface area contributed by atoms with E-state index in [4.69, 9.17) is 15.1 Å². The summed E-state index contributed by atoms with van der Waals surface area (Å²) in [5.74, 6) is 5.17. The average molecular weight is 270 g/mol. The van der Waals surface area contributed by atoms with Crippen LogP contribution in [0.15, 0.2) is 24.3 Å². The summed E-state index contributed by atoms with van der Waals surface area (Å²) in [5.41, 5.74) is 1.20. The van der Waals surface area contributed by atoms with E-state index in [0.717, 1.165) is 0 Å². The van der Waals surface area contributed by atoms with Crippen LogP contribution in [0.25, 0.3) is 0 Å². The number of nitrogens with zero attached hydrogens (tertiary/aromatic N) is 2. The summed E-state index contributed by atoms with van der Waals surface area (Å²) < 4.78 is 5.22. The van der Waals surface area contributed by atoms with Crippen LogP contribution in [0.3, 0.4) is 0 Å². The summed E-state index contributed by atoms with van der Waals surface area (Å²) >= 11 is 0. The topological polar surface area (TPSA) is 73.6 Å². The third-order valence-electron chi connectivity index (χ3n) is 2.92. The van der Waals surface area contributed by atoms with Crippen molar-refractivity contribution in [2.75, 3.05) is 26.3 Å². The van der Waals surface area contributed by atoms with E-state index in [1.165, 1.54) is 0 Å². The van der Waals surface area contributed by atoms with Crippen molar-refractivity contribution in [2.24, 2.45) is 0 Å². The molecule has 1 amide bonds. The highest BCUT2D eigenvalue weighted by molar-refractivity contribution is 5.94. The van der Waals surface area contributed by atoms with Crippen LogP contribution in [-0.2, 0) is 4.74 Å². The lowest BCUT2D eigenvalue weighted by atomic mass is 10.1. The normalized spacial score (nSPS) is 17.8. The molecule has 102 valence electrons. The Labute approximate surface area is 117 Å². The molecule has 0 saturated carbocycles. The molecule has 1 N–H and O–H groups in total. The fourth-order valence-corrected chi connectivity index (χ4v) is 1.97. The minimum atomic E-state index is -0.565. The van der Waals surface area contributed by atoms with Gasteiger partial charge in [0.15, 0.2) is 6.10 Å². The fourth-order valence-electron chi connectivity index (χ4n) is 1.97. The van der Waals surface area contributed by atoms with Gasteiger partial charge in [0.05, 0.1) is 19.2 Å². The first-order valence-electron chi connectivity index (χ1n) is 6.25. The molecule has 0 aliphatic carbocycles. The summed E-state index contributed by atoms with van der Waals surface area (Å²) in [5, 5.41) is 17.5. The van der Waals surface area contributed by atoms with Crippen LogP contribution >= 0.6 is 0 Å². The smallest absolute Gasteiger partial charge is 0.254 e. The Kier molecular flexibility index (Phi) is 4.73. The van der Waals surface area contributed by atoms with Crippen LogP contribution in [0.1, 0.15) is 15.9 Å². The van der Waals surface area contributed by atoms with Gasteiger partial charge < -0.3 is 14.7 Å². The Morgan fingerprint density at radius 3 is 3.15 bits per heavy atom. The standard InChI is InChI=1S/C15H14N2O3/c16-10-14-11-17(6-8-20-14)15(19)13-5-1-3-12(9-13)4-2-7-18/h1,3,5,9,14,18H,6-8,11H2. The van der Waals surface area contributed by atoms with E-state index in [1.807, 2.05) is 6.07 Å². The molecule has 0 bridgehead atoms. The van der Waals surface area contributed by atoms with E-state index in [-0.39, 0.29) is 19.1 Å². The molecule has 1 atom stereocenters. The zero-order valence-corrected chi connectivity index (χ0v) is 10.9. The van der Waals surface area contributed by atoms with E-state index in [9.17, 15) is 4.79 Å². The number of carbonyl (C=O) groups is 1. The lowest BCUT2D eigenvalue weighted by Crippen LogP contribution is -2.45. The van der Waals surface area contributed by atoms with Gasteiger partial charge in [-0.05, 0) is 18.2 Å². The molecule has 5 nitrogen and oxygen atoms in total. The van der Waals surface area contributed by atoms with Crippen LogP contribution in [-0.4, -0.2) is 48.3 Å². The van der Waals surface area contributed by atoms with E-state index in [2.05, 4.69) is 11.8 Å². The number of hydrogen-bond acceptors (Lipinski definition) is 4. The number of amides is 1. The summed E-state index contributed by atoms with van der Waals surface area (Å²) in [6.45, 7) is 0.908. The monoisotopic (exact) mass is 270 g/mol. The molecule has 1 saturated heterocycles. The number of carbonyl (C=O) groups excluding carboxylic acids is 1. The molecule has 0 spiro atoms. The van der Waals surface area contributed by atoms with Crippen LogP contribution in [0.2, 0.25) is 0 Å². The fraction of sp³-hybridized carbons (Fsp3) is 0.333. The molecule has 2 rings (SSSR count). The zero-order chi connectivity index (χ0) is 14.4. The van der Waals surface area contributed by atoms with Gasteiger partial charge in [-0.2, -0.15) is 5.26 Å². The Balaban J connectivity index is 2.14. The lowest BCUT2D eigenvalue weighted by Gasteiger charge is -2.29. The molecule has 0 aromatic heterocycles. The largest absolute Gasteiger partial charge is 0.384 e. The maximum Gasteiger partial charge on any atom is 0.254 e. The number of ether oxygens (including phenoxy) is 1. The predicted octanol–water partition coefficient (Wildman–Crippen LogP) is 0.395. The molecule has 1 heterocycles. The molecule has 1 aliphatic heterocycles. The van der Waals surface area contributed by atoms with Crippen LogP contribution in [0, 0.1) is 23.2 Å². The molecular formula is C15H14N2O3. The third kappa shape index (κ3) is 3.36. The summed E-state index contributed by atoms with van der Waals surface area (Å²) in [6.07, 6.45) is -0.565. The molecule has 1 aromatic carbocycles. The highest BCUT2D eigenvalue weighted by Gasteiger charge is 2.24. The van der Waals surface area contributed by atoms with Crippen molar-refractivity contribution in [3.8, 4) is 17.9 Å². The van der Waals surface area contributed by atoms with Gasteiger partial charge in [0.2, 0.25) is 0 Å². The Morgan fingerprint density at radius 2 is 2.40 bits per heavy atom. The Bertz CT molecular complexity index is 595. The number of benzene rings is 1. The van der Waals surface area contributed by atoms with Gasteiger partial charge in [-0.1, -0.05) is 17.9 Å². The maximum atomic E-state index is 12.4. The summed E-state index contributed by atoms with van der Waals surface area (Å²) in [4.78, 5) is 14.0. The summed E-state index contributed by atoms with van der Waals surface area (Å²) in [7, 11) is 0. The first-order valence-corrected chi connectivity index (χ1v) is 6.25.